The highest BCUT2D eigenvalue weighted by atomic mass is 15.0. The van der Waals surface area contributed by atoms with Crippen LogP contribution in [0.5, 0.6) is 0 Å². The number of hydrogen-bond donors (Lipinski definition) is 1. The maximum Gasteiger partial charge on any atom is 0.0210 e. The third-order valence-corrected chi connectivity index (χ3v) is 4.46. The van der Waals surface area contributed by atoms with E-state index in [-0.39, 0.29) is 0 Å². The molecule has 0 aromatic rings. The zero-order valence-corrected chi connectivity index (χ0v) is 9.10. The third-order valence-electron chi connectivity index (χ3n) is 4.46. The summed E-state index contributed by atoms with van der Waals surface area (Å²) in [5, 5.41) is 3.75. The molecule has 1 heteroatoms. The molecule has 1 N–H and O–H groups in total. The van der Waals surface area contributed by atoms with Crippen LogP contribution in [-0.2, 0) is 0 Å². The molecule has 0 aromatic heterocycles. The van der Waals surface area contributed by atoms with E-state index in [0.717, 1.165) is 11.8 Å². The van der Waals surface area contributed by atoms with Crippen molar-refractivity contribution in [3.8, 4) is 0 Å². The zero-order chi connectivity index (χ0) is 9.31. The van der Waals surface area contributed by atoms with Crippen LogP contribution in [0.3, 0.4) is 0 Å². The fourth-order valence-corrected chi connectivity index (χ4v) is 3.48. The second kappa shape index (κ2) is 3.61. The molecule has 13 heavy (non-hydrogen) atoms. The van der Waals surface area contributed by atoms with Crippen molar-refractivity contribution in [3.05, 3.63) is 0 Å². The van der Waals surface area contributed by atoms with Gasteiger partial charge in [-0.3, -0.25) is 0 Å². The SMILES string of the molecule is CCCCC1CCC2CCNC12C. The molecule has 1 nitrogen and oxygen atoms in total. The Balaban J connectivity index is 1.97. The molecule has 0 bridgehead atoms. The molecular weight excluding hydrogens is 158 g/mol. The Hall–Kier alpha value is -0.0400. The minimum absolute atomic E-state index is 0.523. The molecule has 1 aliphatic heterocycles. The maximum absolute atomic E-state index is 3.75. The normalized spacial score (nSPS) is 43.8. The average Bonchev–Trinajstić information content (AvgIpc) is 2.59. The molecule has 1 heterocycles. The lowest BCUT2D eigenvalue weighted by Gasteiger charge is -2.32. The molecule has 0 aromatic carbocycles. The van der Waals surface area contributed by atoms with Gasteiger partial charge in [-0.15, -0.1) is 0 Å². The van der Waals surface area contributed by atoms with Crippen molar-refractivity contribution in [2.45, 2.75) is 57.9 Å². The first-order valence-corrected chi connectivity index (χ1v) is 6.02. The van der Waals surface area contributed by atoms with Gasteiger partial charge in [0.15, 0.2) is 0 Å². The van der Waals surface area contributed by atoms with Gasteiger partial charge in [0.1, 0.15) is 0 Å². The summed E-state index contributed by atoms with van der Waals surface area (Å²) in [7, 11) is 0. The topological polar surface area (TPSA) is 12.0 Å². The van der Waals surface area contributed by atoms with E-state index in [0.29, 0.717) is 5.54 Å². The van der Waals surface area contributed by atoms with Crippen LogP contribution < -0.4 is 5.32 Å². The van der Waals surface area contributed by atoms with Gasteiger partial charge in [0.2, 0.25) is 0 Å². The Morgan fingerprint density at radius 1 is 1.31 bits per heavy atom. The Bertz CT molecular complexity index is 178. The summed E-state index contributed by atoms with van der Waals surface area (Å²) in [5.74, 6) is 1.97. The van der Waals surface area contributed by atoms with Gasteiger partial charge < -0.3 is 5.32 Å². The molecule has 2 aliphatic rings. The number of rotatable bonds is 3. The molecule has 1 saturated carbocycles. The standard InChI is InChI=1S/C12H23N/c1-3-4-5-10-6-7-11-8-9-13-12(10,11)2/h10-11,13H,3-9H2,1-2H3. The largest absolute Gasteiger partial charge is 0.311 e. The van der Waals surface area contributed by atoms with E-state index in [2.05, 4.69) is 19.2 Å². The molecule has 1 aliphatic carbocycles. The van der Waals surface area contributed by atoms with E-state index >= 15 is 0 Å². The van der Waals surface area contributed by atoms with Gasteiger partial charge in [0, 0.05) is 5.54 Å². The van der Waals surface area contributed by atoms with Crippen LogP contribution in [0.1, 0.15) is 52.4 Å². The summed E-state index contributed by atoms with van der Waals surface area (Å²) in [6.45, 7) is 6.04. The van der Waals surface area contributed by atoms with Gasteiger partial charge in [-0.05, 0) is 51.0 Å². The Kier molecular flexibility index (Phi) is 2.64. The second-order valence-corrected chi connectivity index (χ2v) is 5.11. The molecule has 3 atom stereocenters. The van der Waals surface area contributed by atoms with E-state index < -0.39 is 0 Å². The Morgan fingerprint density at radius 2 is 2.15 bits per heavy atom. The van der Waals surface area contributed by atoms with E-state index in [4.69, 9.17) is 0 Å². The minimum atomic E-state index is 0.523. The Labute approximate surface area is 82.3 Å². The van der Waals surface area contributed by atoms with Crippen molar-refractivity contribution < 1.29 is 0 Å². The highest BCUT2D eigenvalue weighted by Crippen LogP contribution is 2.47. The first-order chi connectivity index (χ1) is 6.27. The summed E-state index contributed by atoms with van der Waals surface area (Å²) in [6.07, 6.45) is 8.63. The summed E-state index contributed by atoms with van der Waals surface area (Å²) in [5.41, 5.74) is 0.523. The van der Waals surface area contributed by atoms with Crippen LogP contribution in [0.15, 0.2) is 0 Å². The molecule has 0 amide bonds. The lowest BCUT2D eigenvalue weighted by atomic mass is 9.81. The van der Waals surface area contributed by atoms with E-state index in [1.807, 2.05) is 0 Å². The number of fused-ring (bicyclic) bond motifs is 1. The second-order valence-electron chi connectivity index (χ2n) is 5.11. The Morgan fingerprint density at radius 3 is 2.92 bits per heavy atom. The fraction of sp³-hybridized carbons (Fsp3) is 1.00. The van der Waals surface area contributed by atoms with Gasteiger partial charge >= 0.3 is 0 Å². The summed E-state index contributed by atoms with van der Waals surface area (Å²) in [6, 6.07) is 0. The van der Waals surface area contributed by atoms with Crippen molar-refractivity contribution in [2.24, 2.45) is 11.8 Å². The zero-order valence-electron chi connectivity index (χ0n) is 9.10. The van der Waals surface area contributed by atoms with Crippen molar-refractivity contribution in [1.29, 1.82) is 0 Å². The molecule has 76 valence electrons. The van der Waals surface area contributed by atoms with Crippen molar-refractivity contribution in [1.82, 2.24) is 5.32 Å². The molecular formula is C12H23N. The maximum atomic E-state index is 3.75. The average molecular weight is 181 g/mol. The summed E-state index contributed by atoms with van der Waals surface area (Å²) >= 11 is 0. The predicted molar refractivity (Wildman–Crippen MR) is 56.8 cm³/mol. The molecule has 3 unspecified atom stereocenters. The lowest BCUT2D eigenvalue weighted by molar-refractivity contribution is 0.250. The van der Waals surface area contributed by atoms with Gasteiger partial charge in [0.25, 0.3) is 0 Å². The molecule has 2 rings (SSSR count). The van der Waals surface area contributed by atoms with Crippen molar-refractivity contribution in [3.63, 3.8) is 0 Å². The van der Waals surface area contributed by atoms with Crippen molar-refractivity contribution >= 4 is 0 Å². The first kappa shape index (κ1) is 9.51. The van der Waals surface area contributed by atoms with Crippen LogP contribution in [0.25, 0.3) is 0 Å². The van der Waals surface area contributed by atoms with Crippen LogP contribution >= 0.6 is 0 Å². The van der Waals surface area contributed by atoms with Crippen LogP contribution in [-0.4, -0.2) is 12.1 Å². The molecule has 0 spiro atoms. The summed E-state index contributed by atoms with van der Waals surface area (Å²) in [4.78, 5) is 0. The van der Waals surface area contributed by atoms with Gasteiger partial charge in [-0.25, -0.2) is 0 Å². The van der Waals surface area contributed by atoms with Gasteiger partial charge in [-0.1, -0.05) is 19.8 Å². The fourth-order valence-electron chi connectivity index (χ4n) is 3.48. The van der Waals surface area contributed by atoms with E-state index in [1.54, 1.807) is 0 Å². The van der Waals surface area contributed by atoms with E-state index in [1.165, 1.54) is 45.1 Å². The number of nitrogens with one attached hydrogen (secondary N) is 1. The number of hydrogen-bond acceptors (Lipinski definition) is 1. The summed E-state index contributed by atoms with van der Waals surface area (Å²) < 4.78 is 0. The van der Waals surface area contributed by atoms with Gasteiger partial charge in [-0.2, -0.15) is 0 Å². The highest BCUT2D eigenvalue weighted by molar-refractivity contribution is 5.05. The highest BCUT2D eigenvalue weighted by Gasteiger charge is 2.48. The smallest absolute Gasteiger partial charge is 0.0210 e. The number of unbranched alkanes of at least 4 members (excludes halogenated alkanes) is 1. The molecule has 2 fully saturated rings. The van der Waals surface area contributed by atoms with Crippen LogP contribution in [0.4, 0.5) is 0 Å². The van der Waals surface area contributed by atoms with Gasteiger partial charge in [0.05, 0.1) is 0 Å². The first-order valence-electron chi connectivity index (χ1n) is 6.02. The van der Waals surface area contributed by atoms with E-state index in [9.17, 15) is 0 Å². The minimum Gasteiger partial charge on any atom is -0.311 e. The molecule has 0 radical (unpaired) electrons. The third kappa shape index (κ3) is 1.52. The van der Waals surface area contributed by atoms with Crippen LogP contribution in [0, 0.1) is 11.8 Å². The van der Waals surface area contributed by atoms with Crippen LogP contribution in [0.2, 0.25) is 0 Å². The monoisotopic (exact) mass is 181 g/mol. The molecule has 1 saturated heterocycles. The lowest BCUT2D eigenvalue weighted by Crippen LogP contribution is -2.44. The quantitative estimate of drug-likeness (QED) is 0.706. The van der Waals surface area contributed by atoms with Crippen molar-refractivity contribution in [2.75, 3.05) is 6.54 Å². The predicted octanol–water partition coefficient (Wildman–Crippen LogP) is 2.95.